The zero-order valence-corrected chi connectivity index (χ0v) is 16.8. The van der Waals surface area contributed by atoms with Crippen molar-refractivity contribution in [2.75, 3.05) is 6.61 Å². The first-order valence-corrected chi connectivity index (χ1v) is 9.48. The minimum atomic E-state index is -1.65. The third-order valence-electron chi connectivity index (χ3n) is 5.12. The van der Waals surface area contributed by atoms with Gasteiger partial charge in [-0.1, -0.05) is 13.8 Å². The Morgan fingerprint density at radius 3 is 1.89 bits per heavy atom. The molecule has 8 nitrogen and oxygen atoms in total. The smallest absolute Gasteiger partial charge is 0.317 e. The predicted molar refractivity (Wildman–Crippen MR) is 107 cm³/mol. The van der Waals surface area contributed by atoms with Crippen molar-refractivity contribution < 1.29 is 20.4 Å². The number of aliphatic hydroxyl groups excluding tert-OH is 4. The van der Waals surface area contributed by atoms with Gasteiger partial charge in [0, 0.05) is 6.54 Å². The van der Waals surface area contributed by atoms with Gasteiger partial charge >= 0.3 is 11.1 Å². The van der Waals surface area contributed by atoms with Crippen molar-refractivity contribution in [3.8, 4) is 0 Å². The Bertz CT molecular complexity index is 946. The number of fused-ring (bicyclic) bond motifs is 1. The SMILES string of the molecule is Cc1cc2c(cc1C)n(C[C@H](O)[C@H](O)[C@H](O)CO)c(=O)c(=O)n2CCC(C)C. The second kappa shape index (κ2) is 9.00. The number of aryl methyl sites for hydroxylation is 3. The molecule has 156 valence electrons. The summed E-state index contributed by atoms with van der Waals surface area (Å²) in [4.78, 5) is 25.5. The van der Waals surface area contributed by atoms with E-state index in [4.69, 9.17) is 5.11 Å². The first-order chi connectivity index (χ1) is 13.1. The van der Waals surface area contributed by atoms with E-state index in [2.05, 4.69) is 0 Å². The molecule has 0 saturated carbocycles. The summed E-state index contributed by atoms with van der Waals surface area (Å²) in [6.07, 6.45) is -4.00. The molecular formula is C20H30N2O6. The van der Waals surface area contributed by atoms with Crippen LogP contribution in [0.5, 0.6) is 0 Å². The van der Waals surface area contributed by atoms with Gasteiger partial charge in [-0.15, -0.1) is 0 Å². The molecule has 1 heterocycles. The van der Waals surface area contributed by atoms with Gasteiger partial charge in [0.25, 0.3) is 0 Å². The number of aliphatic hydroxyl groups is 4. The highest BCUT2D eigenvalue weighted by molar-refractivity contribution is 5.77. The largest absolute Gasteiger partial charge is 0.394 e. The monoisotopic (exact) mass is 394 g/mol. The topological polar surface area (TPSA) is 125 Å². The van der Waals surface area contributed by atoms with Gasteiger partial charge in [-0.25, -0.2) is 0 Å². The van der Waals surface area contributed by atoms with Gasteiger partial charge in [0.05, 0.1) is 24.2 Å². The second-order valence-corrected chi connectivity index (χ2v) is 7.79. The molecule has 0 spiro atoms. The van der Waals surface area contributed by atoms with Gasteiger partial charge in [0.1, 0.15) is 18.3 Å². The van der Waals surface area contributed by atoms with Gasteiger partial charge in [-0.3, -0.25) is 14.2 Å². The Morgan fingerprint density at radius 2 is 1.39 bits per heavy atom. The maximum atomic E-state index is 12.8. The average Bonchev–Trinajstić information content (AvgIpc) is 2.65. The van der Waals surface area contributed by atoms with Crippen molar-refractivity contribution in [2.45, 2.75) is 65.5 Å². The maximum absolute atomic E-state index is 12.8. The zero-order valence-electron chi connectivity index (χ0n) is 16.8. The molecule has 0 aliphatic heterocycles. The molecule has 0 radical (unpaired) electrons. The van der Waals surface area contributed by atoms with Crippen LogP contribution in [0.1, 0.15) is 31.4 Å². The summed E-state index contributed by atoms with van der Waals surface area (Å²) in [7, 11) is 0. The first kappa shape index (κ1) is 22.3. The molecule has 0 amide bonds. The van der Waals surface area contributed by atoms with E-state index in [9.17, 15) is 24.9 Å². The van der Waals surface area contributed by atoms with E-state index in [1.54, 1.807) is 6.07 Å². The minimum Gasteiger partial charge on any atom is -0.394 e. The summed E-state index contributed by atoms with van der Waals surface area (Å²) >= 11 is 0. The van der Waals surface area contributed by atoms with E-state index in [1.807, 2.05) is 33.8 Å². The standard InChI is InChI=1S/C20H30N2O6/c1-11(2)5-6-21-14-7-12(3)13(4)8-15(14)22(20(28)19(21)27)9-16(24)18(26)17(25)10-23/h7-8,11,16-18,23-26H,5-6,9-10H2,1-4H3/t16-,17+,18-/m0/s1. The quantitative estimate of drug-likeness (QED) is 0.464. The van der Waals surface area contributed by atoms with Crippen LogP contribution in [-0.4, -0.2) is 54.5 Å². The van der Waals surface area contributed by atoms with Crippen molar-refractivity contribution in [2.24, 2.45) is 5.92 Å². The van der Waals surface area contributed by atoms with Crippen LogP contribution < -0.4 is 11.1 Å². The van der Waals surface area contributed by atoms with E-state index in [-0.39, 0.29) is 6.54 Å². The van der Waals surface area contributed by atoms with Gasteiger partial charge in [0.15, 0.2) is 0 Å². The fraction of sp³-hybridized carbons (Fsp3) is 0.600. The number of hydrogen-bond acceptors (Lipinski definition) is 6. The summed E-state index contributed by atoms with van der Waals surface area (Å²) in [5.74, 6) is 0.355. The Kier molecular flexibility index (Phi) is 7.16. The van der Waals surface area contributed by atoms with Gasteiger partial charge in [0.2, 0.25) is 0 Å². The van der Waals surface area contributed by atoms with Gasteiger partial charge in [-0.05, 0) is 49.4 Å². The Morgan fingerprint density at radius 1 is 0.893 bits per heavy atom. The number of benzene rings is 1. The number of rotatable bonds is 8. The number of hydrogen-bond donors (Lipinski definition) is 4. The molecule has 0 bridgehead atoms. The van der Waals surface area contributed by atoms with Gasteiger partial charge in [-0.2, -0.15) is 0 Å². The van der Waals surface area contributed by atoms with E-state index >= 15 is 0 Å². The third kappa shape index (κ3) is 4.52. The van der Waals surface area contributed by atoms with Crippen molar-refractivity contribution in [3.05, 3.63) is 44.0 Å². The normalized spacial score (nSPS) is 15.2. The van der Waals surface area contributed by atoms with Crippen molar-refractivity contribution in [1.82, 2.24) is 9.13 Å². The van der Waals surface area contributed by atoms with Crippen LogP contribution in [0.3, 0.4) is 0 Å². The fourth-order valence-electron chi connectivity index (χ4n) is 3.12. The van der Waals surface area contributed by atoms with Crippen LogP contribution in [0.25, 0.3) is 11.0 Å². The molecule has 0 aliphatic rings. The highest BCUT2D eigenvalue weighted by atomic mass is 16.4. The van der Waals surface area contributed by atoms with Crippen LogP contribution in [0.15, 0.2) is 21.7 Å². The highest BCUT2D eigenvalue weighted by Gasteiger charge is 2.26. The molecule has 1 aromatic heterocycles. The Hall–Kier alpha value is -2.00. The summed E-state index contributed by atoms with van der Waals surface area (Å²) in [6, 6.07) is 3.62. The predicted octanol–water partition coefficient (Wildman–Crippen LogP) is -0.0989. The summed E-state index contributed by atoms with van der Waals surface area (Å²) < 4.78 is 2.60. The van der Waals surface area contributed by atoms with E-state index < -0.39 is 36.0 Å². The molecule has 0 unspecified atom stereocenters. The van der Waals surface area contributed by atoms with Crippen LogP contribution in [0.2, 0.25) is 0 Å². The highest BCUT2D eigenvalue weighted by Crippen LogP contribution is 2.19. The number of nitrogens with zero attached hydrogens (tertiary/aromatic N) is 2. The second-order valence-electron chi connectivity index (χ2n) is 7.79. The molecule has 0 fully saturated rings. The molecule has 0 saturated heterocycles. The average molecular weight is 394 g/mol. The van der Waals surface area contributed by atoms with E-state index in [0.29, 0.717) is 23.5 Å². The van der Waals surface area contributed by atoms with Crippen LogP contribution in [-0.2, 0) is 13.1 Å². The van der Waals surface area contributed by atoms with Crippen molar-refractivity contribution >= 4 is 11.0 Å². The lowest BCUT2D eigenvalue weighted by molar-refractivity contribution is -0.0805. The first-order valence-electron chi connectivity index (χ1n) is 9.48. The van der Waals surface area contributed by atoms with Crippen molar-refractivity contribution in [3.63, 3.8) is 0 Å². The maximum Gasteiger partial charge on any atom is 0.317 e. The minimum absolute atomic E-state index is 0.355. The molecule has 1 aromatic carbocycles. The number of aromatic nitrogens is 2. The zero-order chi connectivity index (χ0) is 21.2. The molecule has 0 aliphatic carbocycles. The third-order valence-corrected chi connectivity index (χ3v) is 5.12. The van der Waals surface area contributed by atoms with Crippen molar-refractivity contribution in [1.29, 1.82) is 0 Å². The van der Waals surface area contributed by atoms with Crippen LogP contribution in [0, 0.1) is 19.8 Å². The Labute approximate surface area is 163 Å². The van der Waals surface area contributed by atoms with Gasteiger partial charge < -0.3 is 25.0 Å². The lowest BCUT2D eigenvalue weighted by atomic mass is 10.1. The molecule has 8 heteroatoms. The fourth-order valence-corrected chi connectivity index (χ4v) is 3.12. The molecule has 28 heavy (non-hydrogen) atoms. The molecule has 2 rings (SSSR count). The lowest BCUT2D eigenvalue weighted by Crippen LogP contribution is -2.47. The lowest BCUT2D eigenvalue weighted by Gasteiger charge is -2.24. The summed E-state index contributed by atoms with van der Waals surface area (Å²) in [5.41, 5.74) is 1.44. The molecular weight excluding hydrogens is 364 g/mol. The van der Waals surface area contributed by atoms with Crippen LogP contribution >= 0.6 is 0 Å². The summed E-state index contributed by atoms with van der Waals surface area (Å²) in [6.45, 7) is 7.16. The summed E-state index contributed by atoms with van der Waals surface area (Å²) in [5, 5.41) is 38.6. The van der Waals surface area contributed by atoms with E-state index in [0.717, 1.165) is 22.1 Å². The molecule has 4 N–H and O–H groups in total. The Balaban J connectivity index is 2.65. The molecule has 2 aromatic rings. The molecule has 3 atom stereocenters. The van der Waals surface area contributed by atoms with Crippen LogP contribution in [0.4, 0.5) is 0 Å². The van der Waals surface area contributed by atoms with E-state index in [1.165, 1.54) is 4.57 Å².